The van der Waals surface area contributed by atoms with Crippen LogP contribution in [-0.2, 0) is 5.60 Å². The van der Waals surface area contributed by atoms with Crippen LogP contribution in [0.2, 0.25) is 0 Å². The lowest BCUT2D eigenvalue weighted by molar-refractivity contribution is -0.0635. The first-order valence-corrected chi connectivity index (χ1v) is 6.19. The van der Waals surface area contributed by atoms with Crippen molar-refractivity contribution in [3.63, 3.8) is 0 Å². The maximum atomic E-state index is 10.8. The summed E-state index contributed by atoms with van der Waals surface area (Å²) in [5.41, 5.74) is 0.694. The largest absolute Gasteiger partial charge is 0.385 e. The van der Waals surface area contributed by atoms with Gasteiger partial charge in [0.1, 0.15) is 0 Å². The van der Waals surface area contributed by atoms with E-state index in [1.165, 1.54) is 6.42 Å². The highest BCUT2D eigenvalue weighted by Crippen LogP contribution is 2.48. The van der Waals surface area contributed by atoms with Crippen LogP contribution in [-0.4, -0.2) is 5.11 Å². The molecule has 0 spiro atoms. The molecule has 2 atom stereocenters. The number of benzene rings is 1. The lowest BCUT2D eigenvalue weighted by Gasteiger charge is -2.45. The third-order valence-corrected chi connectivity index (χ3v) is 3.67. The summed E-state index contributed by atoms with van der Waals surface area (Å²) in [6.45, 7) is 6.77. The van der Waals surface area contributed by atoms with E-state index in [9.17, 15) is 5.11 Å². The van der Waals surface area contributed by atoms with Crippen molar-refractivity contribution >= 4 is 0 Å². The number of aliphatic hydroxyl groups is 1. The Morgan fingerprint density at radius 2 is 1.75 bits per heavy atom. The minimum Gasteiger partial charge on any atom is -0.385 e. The average molecular weight is 218 g/mol. The van der Waals surface area contributed by atoms with Crippen LogP contribution in [0.15, 0.2) is 30.3 Å². The lowest BCUT2D eigenvalue weighted by atomic mass is 9.64. The van der Waals surface area contributed by atoms with E-state index in [1.807, 2.05) is 30.3 Å². The summed E-state index contributed by atoms with van der Waals surface area (Å²) in [5.74, 6) is 0.592. The molecular weight excluding hydrogens is 196 g/mol. The second-order valence-electron chi connectivity index (χ2n) is 6.25. The highest BCUT2D eigenvalue weighted by molar-refractivity contribution is 5.23. The van der Waals surface area contributed by atoms with Gasteiger partial charge in [-0.2, -0.15) is 0 Å². The molecule has 16 heavy (non-hydrogen) atoms. The molecule has 0 radical (unpaired) electrons. The molecule has 0 bridgehead atoms. The van der Waals surface area contributed by atoms with Crippen LogP contribution in [0.5, 0.6) is 0 Å². The molecule has 1 fully saturated rings. The molecule has 0 aromatic heterocycles. The molecule has 0 heterocycles. The fraction of sp³-hybridized carbons (Fsp3) is 0.600. The van der Waals surface area contributed by atoms with E-state index < -0.39 is 5.60 Å². The van der Waals surface area contributed by atoms with Gasteiger partial charge >= 0.3 is 0 Å². The van der Waals surface area contributed by atoms with Crippen LogP contribution in [0.4, 0.5) is 0 Å². The summed E-state index contributed by atoms with van der Waals surface area (Å²) < 4.78 is 0. The Balaban J connectivity index is 2.31. The molecule has 2 rings (SSSR count). The highest BCUT2D eigenvalue weighted by Gasteiger charge is 2.42. The number of rotatable bonds is 1. The van der Waals surface area contributed by atoms with Crippen molar-refractivity contribution in [1.29, 1.82) is 0 Å². The van der Waals surface area contributed by atoms with E-state index in [-0.39, 0.29) is 5.41 Å². The minimum atomic E-state index is -0.623. The summed E-state index contributed by atoms with van der Waals surface area (Å²) in [4.78, 5) is 0. The van der Waals surface area contributed by atoms with Crippen LogP contribution in [0.3, 0.4) is 0 Å². The van der Waals surface area contributed by atoms with Gasteiger partial charge in [0.2, 0.25) is 0 Å². The van der Waals surface area contributed by atoms with E-state index in [0.717, 1.165) is 18.4 Å². The van der Waals surface area contributed by atoms with Gasteiger partial charge < -0.3 is 5.11 Å². The maximum absolute atomic E-state index is 10.8. The van der Waals surface area contributed by atoms with Crippen molar-refractivity contribution in [2.24, 2.45) is 11.3 Å². The van der Waals surface area contributed by atoms with Crippen molar-refractivity contribution in [3.05, 3.63) is 35.9 Å². The molecule has 1 saturated carbocycles. The summed E-state index contributed by atoms with van der Waals surface area (Å²) in [6.07, 6.45) is 2.97. The third kappa shape index (κ3) is 2.30. The van der Waals surface area contributed by atoms with Crippen LogP contribution in [0, 0.1) is 11.3 Å². The normalized spacial score (nSPS) is 33.6. The standard InChI is InChI=1S/C15H22O/c1-12-9-14(2,3)11-15(16,10-12)13-7-5-4-6-8-13/h4-8,12,16H,9-11H2,1-3H3/t12?,15-/m1/s1. The Kier molecular flexibility index (Phi) is 2.83. The van der Waals surface area contributed by atoms with Crippen molar-refractivity contribution < 1.29 is 5.11 Å². The Hall–Kier alpha value is -0.820. The summed E-state index contributed by atoms with van der Waals surface area (Å²) in [7, 11) is 0. The van der Waals surface area contributed by atoms with E-state index in [1.54, 1.807) is 0 Å². The zero-order chi connectivity index (χ0) is 11.8. The SMILES string of the molecule is CC1CC(C)(C)C[C@@](O)(c2ccccc2)C1. The zero-order valence-corrected chi connectivity index (χ0v) is 10.5. The molecule has 1 aliphatic carbocycles. The van der Waals surface area contributed by atoms with Gasteiger partial charge in [-0.15, -0.1) is 0 Å². The average Bonchev–Trinajstić information content (AvgIpc) is 2.15. The summed E-state index contributed by atoms with van der Waals surface area (Å²) >= 11 is 0. The molecule has 1 heteroatoms. The smallest absolute Gasteiger partial charge is 0.0904 e. The second-order valence-corrected chi connectivity index (χ2v) is 6.25. The third-order valence-electron chi connectivity index (χ3n) is 3.67. The van der Waals surface area contributed by atoms with E-state index in [4.69, 9.17) is 0 Å². The molecule has 1 unspecified atom stereocenters. The Labute approximate surface area is 98.5 Å². The monoisotopic (exact) mass is 218 g/mol. The van der Waals surface area contributed by atoms with E-state index in [0.29, 0.717) is 5.92 Å². The Bertz CT molecular complexity index is 355. The van der Waals surface area contributed by atoms with E-state index >= 15 is 0 Å². The van der Waals surface area contributed by atoms with Crippen molar-refractivity contribution in [3.8, 4) is 0 Å². The molecule has 1 aliphatic rings. The van der Waals surface area contributed by atoms with Gasteiger partial charge in [0.25, 0.3) is 0 Å². The first-order chi connectivity index (χ1) is 7.41. The van der Waals surface area contributed by atoms with Crippen molar-refractivity contribution in [2.45, 2.75) is 45.6 Å². The number of hydrogen-bond acceptors (Lipinski definition) is 1. The van der Waals surface area contributed by atoms with Gasteiger partial charge in [0.05, 0.1) is 5.60 Å². The molecule has 1 aromatic carbocycles. The first kappa shape index (κ1) is 11.7. The van der Waals surface area contributed by atoms with Gasteiger partial charge in [-0.25, -0.2) is 0 Å². The molecular formula is C15H22O. The summed E-state index contributed by atoms with van der Waals surface area (Å²) in [6, 6.07) is 10.1. The molecule has 1 nitrogen and oxygen atoms in total. The molecule has 1 N–H and O–H groups in total. The topological polar surface area (TPSA) is 20.2 Å². The van der Waals surface area contributed by atoms with Gasteiger partial charge in [-0.05, 0) is 36.2 Å². The van der Waals surface area contributed by atoms with Crippen LogP contribution >= 0.6 is 0 Å². The van der Waals surface area contributed by atoms with Crippen LogP contribution < -0.4 is 0 Å². The van der Waals surface area contributed by atoms with Gasteiger partial charge in [0.15, 0.2) is 0 Å². The predicted octanol–water partition coefficient (Wildman–Crippen LogP) is 3.72. The van der Waals surface area contributed by atoms with Crippen molar-refractivity contribution in [1.82, 2.24) is 0 Å². The highest BCUT2D eigenvalue weighted by atomic mass is 16.3. The van der Waals surface area contributed by atoms with E-state index in [2.05, 4.69) is 20.8 Å². The minimum absolute atomic E-state index is 0.238. The van der Waals surface area contributed by atoms with Gasteiger partial charge in [-0.1, -0.05) is 51.1 Å². The zero-order valence-electron chi connectivity index (χ0n) is 10.5. The van der Waals surface area contributed by atoms with Crippen molar-refractivity contribution in [2.75, 3.05) is 0 Å². The fourth-order valence-corrected chi connectivity index (χ4v) is 3.50. The quantitative estimate of drug-likeness (QED) is 0.761. The van der Waals surface area contributed by atoms with Gasteiger partial charge in [0, 0.05) is 0 Å². The second kappa shape index (κ2) is 3.89. The molecule has 0 amide bonds. The molecule has 0 aliphatic heterocycles. The summed E-state index contributed by atoms with van der Waals surface area (Å²) in [5, 5.41) is 10.8. The number of hydrogen-bond donors (Lipinski definition) is 1. The molecule has 0 saturated heterocycles. The Morgan fingerprint density at radius 3 is 2.31 bits per heavy atom. The van der Waals surface area contributed by atoms with Crippen LogP contribution in [0.1, 0.15) is 45.6 Å². The fourth-order valence-electron chi connectivity index (χ4n) is 3.50. The molecule has 88 valence electrons. The Morgan fingerprint density at radius 1 is 1.12 bits per heavy atom. The lowest BCUT2D eigenvalue weighted by Crippen LogP contribution is -2.39. The molecule has 1 aromatic rings. The van der Waals surface area contributed by atoms with Gasteiger partial charge in [-0.3, -0.25) is 0 Å². The maximum Gasteiger partial charge on any atom is 0.0904 e. The van der Waals surface area contributed by atoms with Crippen LogP contribution in [0.25, 0.3) is 0 Å². The first-order valence-electron chi connectivity index (χ1n) is 6.19. The predicted molar refractivity (Wildman–Crippen MR) is 67.1 cm³/mol.